The Morgan fingerprint density at radius 1 is 0.906 bits per heavy atom. The molecule has 2 amide bonds. The van der Waals surface area contributed by atoms with Crippen molar-refractivity contribution in [2.45, 2.75) is 31.3 Å². The van der Waals surface area contributed by atoms with Crippen molar-refractivity contribution in [2.24, 2.45) is 0 Å². The van der Waals surface area contributed by atoms with Crippen molar-refractivity contribution in [1.29, 1.82) is 0 Å². The summed E-state index contributed by atoms with van der Waals surface area (Å²) in [5, 5.41) is 15.3. The first-order chi connectivity index (χ1) is 15.6. The van der Waals surface area contributed by atoms with Crippen LogP contribution in [0, 0.1) is 13.8 Å². The summed E-state index contributed by atoms with van der Waals surface area (Å²) in [5.74, 6) is 1.45. The van der Waals surface area contributed by atoms with Crippen LogP contribution in [-0.4, -0.2) is 20.8 Å². The number of carbonyl (C=O) groups is 1. The van der Waals surface area contributed by atoms with E-state index in [1.165, 1.54) is 11.1 Å². The normalized spacial score (nSPS) is 10.7. The Balaban J connectivity index is 1.51. The predicted molar refractivity (Wildman–Crippen MR) is 129 cm³/mol. The summed E-state index contributed by atoms with van der Waals surface area (Å²) in [5.41, 5.74) is 5.20. The van der Waals surface area contributed by atoms with Gasteiger partial charge in [-0.15, -0.1) is 10.2 Å². The number of nitrogens with one attached hydrogen (secondary N) is 2. The van der Waals surface area contributed by atoms with E-state index in [2.05, 4.69) is 52.0 Å². The molecule has 0 aliphatic rings. The molecule has 0 atom stereocenters. The van der Waals surface area contributed by atoms with Gasteiger partial charge in [-0.3, -0.25) is 4.57 Å². The van der Waals surface area contributed by atoms with Crippen LogP contribution in [0.2, 0.25) is 0 Å². The van der Waals surface area contributed by atoms with E-state index in [-0.39, 0.29) is 12.6 Å². The number of hydrogen-bond donors (Lipinski definition) is 2. The zero-order valence-corrected chi connectivity index (χ0v) is 18.9. The molecule has 0 spiro atoms. The molecule has 1 aromatic heterocycles. The summed E-state index contributed by atoms with van der Waals surface area (Å²) in [6, 6.07) is 25.9. The Hall–Kier alpha value is -3.58. The minimum Gasteiger partial charge on any atom is -0.331 e. The van der Waals surface area contributed by atoms with E-state index in [1.807, 2.05) is 66.1 Å². The summed E-state index contributed by atoms with van der Waals surface area (Å²) in [7, 11) is 0. The number of nitrogens with zero attached hydrogens (tertiary/aromatic N) is 3. The van der Waals surface area contributed by atoms with Crippen LogP contribution in [-0.2, 0) is 12.3 Å². The zero-order chi connectivity index (χ0) is 22.3. The van der Waals surface area contributed by atoms with E-state index in [1.54, 1.807) is 11.8 Å². The fourth-order valence-electron chi connectivity index (χ4n) is 3.24. The lowest BCUT2D eigenvalue weighted by molar-refractivity contribution is 0.251. The van der Waals surface area contributed by atoms with Gasteiger partial charge < -0.3 is 10.6 Å². The van der Waals surface area contributed by atoms with Crippen LogP contribution in [0.4, 0.5) is 10.5 Å². The van der Waals surface area contributed by atoms with E-state index in [0.717, 1.165) is 27.8 Å². The number of carbonyl (C=O) groups excluding carboxylic acids is 1. The van der Waals surface area contributed by atoms with E-state index in [9.17, 15) is 4.79 Å². The largest absolute Gasteiger partial charge is 0.331 e. The average Bonchev–Trinajstić information content (AvgIpc) is 3.20. The van der Waals surface area contributed by atoms with Crippen LogP contribution in [0.15, 0.2) is 84.0 Å². The smallest absolute Gasteiger partial charge is 0.319 e. The van der Waals surface area contributed by atoms with Crippen molar-refractivity contribution < 1.29 is 4.79 Å². The molecule has 2 N–H and O–H groups in total. The fourth-order valence-corrected chi connectivity index (χ4v) is 4.17. The van der Waals surface area contributed by atoms with Crippen molar-refractivity contribution in [3.05, 3.63) is 101 Å². The third-order valence-corrected chi connectivity index (χ3v) is 5.89. The number of hydrogen-bond acceptors (Lipinski definition) is 4. The average molecular weight is 444 g/mol. The van der Waals surface area contributed by atoms with Crippen LogP contribution in [0.25, 0.3) is 5.69 Å². The van der Waals surface area contributed by atoms with Crippen molar-refractivity contribution in [2.75, 3.05) is 5.32 Å². The topological polar surface area (TPSA) is 71.8 Å². The first-order valence-corrected chi connectivity index (χ1v) is 11.4. The molecule has 0 unspecified atom stereocenters. The van der Waals surface area contributed by atoms with Gasteiger partial charge in [0.1, 0.15) is 0 Å². The van der Waals surface area contributed by atoms with Crippen LogP contribution >= 0.6 is 11.8 Å². The number of amides is 2. The Morgan fingerprint density at radius 3 is 2.44 bits per heavy atom. The lowest BCUT2D eigenvalue weighted by Crippen LogP contribution is -2.29. The minimum atomic E-state index is -0.285. The molecule has 162 valence electrons. The molecule has 6 nitrogen and oxygen atoms in total. The van der Waals surface area contributed by atoms with Crippen LogP contribution < -0.4 is 10.6 Å². The lowest BCUT2D eigenvalue weighted by atomic mass is 10.2. The van der Waals surface area contributed by atoms with Crippen LogP contribution in [0.3, 0.4) is 0 Å². The maximum atomic E-state index is 12.4. The molecule has 3 aromatic carbocycles. The fraction of sp³-hybridized carbons (Fsp3) is 0.160. The minimum absolute atomic E-state index is 0.254. The molecular weight excluding hydrogens is 418 g/mol. The number of aromatic nitrogens is 3. The summed E-state index contributed by atoms with van der Waals surface area (Å²) in [4.78, 5) is 12.4. The monoisotopic (exact) mass is 443 g/mol. The van der Waals surface area contributed by atoms with Gasteiger partial charge in [0, 0.05) is 17.1 Å². The van der Waals surface area contributed by atoms with Crippen molar-refractivity contribution >= 4 is 23.5 Å². The highest BCUT2D eigenvalue weighted by Gasteiger charge is 2.15. The molecule has 0 bridgehead atoms. The highest BCUT2D eigenvalue weighted by Crippen LogP contribution is 2.25. The number of urea groups is 1. The van der Waals surface area contributed by atoms with Gasteiger partial charge in [0.05, 0.1) is 6.54 Å². The van der Waals surface area contributed by atoms with Gasteiger partial charge >= 0.3 is 6.03 Å². The molecule has 0 saturated carbocycles. The highest BCUT2D eigenvalue weighted by atomic mass is 32.2. The molecule has 0 saturated heterocycles. The Kier molecular flexibility index (Phi) is 6.87. The first-order valence-electron chi connectivity index (χ1n) is 10.4. The molecule has 4 aromatic rings. The third-order valence-electron chi connectivity index (χ3n) is 4.89. The quantitative estimate of drug-likeness (QED) is 0.370. The van der Waals surface area contributed by atoms with E-state index in [0.29, 0.717) is 5.82 Å². The number of aryl methyl sites for hydroxylation is 2. The Morgan fingerprint density at radius 2 is 1.69 bits per heavy atom. The van der Waals surface area contributed by atoms with E-state index >= 15 is 0 Å². The molecule has 4 rings (SSSR count). The first kappa shape index (κ1) is 21.6. The molecule has 7 heteroatoms. The van der Waals surface area contributed by atoms with Crippen molar-refractivity contribution in [1.82, 2.24) is 20.1 Å². The van der Waals surface area contributed by atoms with Crippen LogP contribution in [0.1, 0.15) is 22.5 Å². The summed E-state index contributed by atoms with van der Waals surface area (Å²) in [6.45, 7) is 4.30. The third kappa shape index (κ3) is 5.56. The van der Waals surface area contributed by atoms with Gasteiger partial charge in [-0.2, -0.15) is 0 Å². The summed E-state index contributed by atoms with van der Waals surface area (Å²) >= 11 is 1.62. The van der Waals surface area contributed by atoms with Gasteiger partial charge in [-0.25, -0.2) is 4.79 Å². The molecule has 0 fully saturated rings. The number of rotatable bonds is 7. The maximum absolute atomic E-state index is 12.4. The SMILES string of the molecule is Cc1ccc(-n2c(CNC(=O)Nc3cccc(C)c3)nnc2SCc2ccccc2)cc1. The van der Waals surface area contributed by atoms with Crippen molar-refractivity contribution in [3.63, 3.8) is 0 Å². The molecule has 1 heterocycles. The molecule has 0 radical (unpaired) electrons. The second kappa shape index (κ2) is 10.2. The number of benzene rings is 3. The van der Waals surface area contributed by atoms with Gasteiger partial charge in [0.15, 0.2) is 11.0 Å². The summed E-state index contributed by atoms with van der Waals surface area (Å²) in [6.07, 6.45) is 0. The molecule has 0 aliphatic carbocycles. The number of thioether (sulfide) groups is 1. The van der Waals surface area contributed by atoms with E-state index in [4.69, 9.17) is 0 Å². The number of anilines is 1. The van der Waals surface area contributed by atoms with Gasteiger partial charge in [0.2, 0.25) is 0 Å². The standard InChI is InChI=1S/C25H25N5OS/c1-18-11-13-22(14-12-18)30-23(16-26-24(31)27-21-10-6-7-19(2)15-21)28-29-25(30)32-17-20-8-4-3-5-9-20/h3-15H,16-17H2,1-2H3,(H2,26,27,31). The maximum Gasteiger partial charge on any atom is 0.319 e. The molecular formula is C25H25N5OS. The highest BCUT2D eigenvalue weighted by molar-refractivity contribution is 7.98. The zero-order valence-electron chi connectivity index (χ0n) is 18.1. The lowest BCUT2D eigenvalue weighted by Gasteiger charge is -2.12. The van der Waals surface area contributed by atoms with Gasteiger partial charge in [-0.05, 0) is 49.2 Å². The van der Waals surface area contributed by atoms with Gasteiger partial charge in [-0.1, -0.05) is 71.9 Å². The Labute approximate surface area is 192 Å². The second-order valence-electron chi connectivity index (χ2n) is 7.52. The second-order valence-corrected chi connectivity index (χ2v) is 8.46. The van der Waals surface area contributed by atoms with Crippen LogP contribution in [0.5, 0.6) is 0 Å². The molecule has 0 aliphatic heterocycles. The molecule has 32 heavy (non-hydrogen) atoms. The van der Waals surface area contributed by atoms with E-state index < -0.39 is 0 Å². The summed E-state index contributed by atoms with van der Waals surface area (Å²) < 4.78 is 2.00. The predicted octanol–water partition coefficient (Wildman–Crippen LogP) is 5.50. The van der Waals surface area contributed by atoms with Gasteiger partial charge in [0.25, 0.3) is 0 Å². The Bertz CT molecular complexity index is 1190. The van der Waals surface area contributed by atoms with Crippen molar-refractivity contribution in [3.8, 4) is 5.69 Å².